The van der Waals surface area contributed by atoms with E-state index in [2.05, 4.69) is 0 Å². The van der Waals surface area contributed by atoms with E-state index >= 15 is 0 Å². The van der Waals surface area contributed by atoms with Gasteiger partial charge in [0.2, 0.25) is 0 Å². The van der Waals surface area contributed by atoms with E-state index in [0.717, 1.165) is 22.6 Å². The van der Waals surface area contributed by atoms with Crippen LogP contribution in [-0.4, -0.2) is 0 Å². The highest BCUT2D eigenvalue weighted by atomic mass is 35.5. The summed E-state index contributed by atoms with van der Waals surface area (Å²) in [5, 5.41) is 2.12. The Morgan fingerprint density at radius 3 is 2.20 bits per heavy atom. The molecule has 0 fully saturated rings. The van der Waals surface area contributed by atoms with Crippen LogP contribution in [-0.2, 0) is 0 Å². The quantitative estimate of drug-likeness (QED) is 0.663. The van der Waals surface area contributed by atoms with Gasteiger partial charge in [-0.05, 0) is 35.8 Å². The Balaban J connectivity index is 2.39. The second-order valence-corrected chi connectivity index (χ2v) is 4.55. The molecule has 77 valence electrons. The van der Waals surface area contributed by atoms with Crippen LogP contribution in [0.2, 0.25) is 5.02 Å². The van der Waals surface area contributed by atoms with E-state index < -0.39 is 0 Å². The molecule has 0 saturated carbocycles. The van der Waals surface area contributed by atoms with E-state index in [1.165, 1.54) is 0 Å². The minimum absolute atomic E-state index is 0.692. The second kappa shape index (κ2) is 4.61. The van der Waals surface area contributed by atoms with Crippen LogP contribution >= 0.6 is 34.8 Å². The van der Waals surface area contributed by atoms with Gasteiger partial charge in [-0.3, -0.25) is 0 Å². The summed E-state index contributed by atoms with van der Waals surface area (Å²) in [6, 6.07) is 7.63. The molecular weight excluding hydrogens is 250 g/mol. The summed E-state index contributed by atoms with van der Waals surface area (Å²) in [5.41, 5.74) is 2.17. The number of rotatable bonds is 1. The summed E-state index contributed by atoms with van der Waals surface area (Å²) in [5.74, 6) is 0. The lowest BCUT2D eigenvalue weighted by Gasteiger charge is -2.13. The SMILES string of the molecule is ClC1=CC(Cl)=C(c2ccc(Cl)cc2)C[CH]1. The van der Waals surface area contributed by atoms with Crippen molar-refractivity contribution in [3.63, 3.8) is 0 Å². The first-order chi connectivity index (χ1) is 7.16. The van der Waals surface area contributed by atoms with Crippen LogP contribution in [0.4, 0.5) is 0 Å². The summed E-state index contributed by atoms with van der Waals surface area (Å²) in [4.78, 5) is 0. The lowest BCUT2D eigenvalue weighted by atomic mass is 9.97. The molecule has 1 aromatic rings. The average molecular weight is 259 g/mol. The molecule has 0 spiro atoms. The molecule has 0 N–H and O–H groups in total. The molecule has 1 aromatic carbocycles. The minimum atomic E-state index is 0.692. The summed E-state index contributed by atoms with van der Waals surface area (Å²) in [7, 11) is 0. The molecule has 0 bridgehead atoms. The van der Waals surface area contributed by atoms with E-state index in [9.17, 15) is 0 Å². The molecule has 15 heavy (non-hydrogen) atoms. The third-order valence-corrected chi connectivity index (χ3v) is 3.10. The molecule has 0 heterocycles. The van der Waals surface area contributed by atoms with Gasteiger partial charge in [0.25, 0.3) is 0 Å². The molecule has 0 nitrogen and oxygen atoms in total. The van der Waals surface area contributed by atoms with Crippen molar-refractivity contribution in [2.75, 3.05) is 0 Å². The molecule has 0 amide bonds. The van der Waals surface area contributed by atoms with Gasteiger partial charge in [-0.1, -0.05) is 46.9 Å². The summed E-state index contributed by atoms with van der Waals surface area (Å²) >= 11 is 17.8. The highest BCUT2D eigenvalue weighted by Gasteiger charge is 2.12. The van der Waals surface area contributed by atoms with Crippen molar-refractivity contribution in [3.05, 3.63) is 57.4 Å². The third kappa shape index (κ3) is 2.57. The third-order valence-electron chi connectivity index (χ3n) is 2.25. The first-order valence-corrected chi connectivity index (χ1v) is 5.65. The Hall–Kier alpha value is -0.430. The molecule has 1 aliphatic carbocycles. The molecule has 1 radical (unpaired) electrons. The molecule has 0 atom stereocenters. The van der Waals surface area contributed by atoms with Crippen molar-refractivity contribution in [3.8, 4) is 0 Å². The van der Waals surface area contributed by atoms with E-state index in [0.29, 0.717) is 10.1 Å². The highest BCUT2D eigenvalue weighted by Crippen LogP contribution is 2.34. The molecule has 0 aromatic heterocycles. The van der Waals surface area contributed by atoms with E-state index in [1.54, 1.807) is 6.08 Å². The Morgan fingerprint density at radius 2 is 1.60 bits per heavy atom. The van der Waals surface area contributed by atoms with Gasteiger partial charge in [-0.2, -0.15) is 0 Å². The topological polar surface area (TPSA) is 0 Å². The summed E-state index contributed by atoms with van der Waals surface area (Å²) < 4.78 is 0. The summed E-state index contributed by atoms with van der Waals surface area (Å²) in [6.07, 6.45) is 4.46. The first kappa shape index (κ1) is 11.1. The van der Waals surface area contributed by atoms with Gasteiger partial charge in [0, 0.05) is 21.5 Å². The standard InChI is InChI=1S/C12H8Cl3/c13-9-3-1-8(2-4-9)11-6-5-10(14)7-12(11)15/h1-5,7H,6H2. The van der Waals surface area contributed by atoms with Crippen molar-refractivity contribution in [1.29, 1.82) is 0 Å². The molecule has 2 rings (SSSR count). The van der Waals surface area contributed by atoms with Gasteiger partial charge in [-0.15, -0.1) is 0 Å². The Bertz CT molecular complexity index is 427. The van der Waals surface area contributed by atoms with Crippen LogP contribution < -0.4 is 0 Å². The van der Waals surface area contributed by atoms with Gasteiger partial charge < -0.3 is 0 Å². The average Bonchev–Trinajstić information content (AvgIpc) is 2.20. The van der Waals surface area contributed by atoms with E-state index in [4.69, 9.17) is 34.8 Å². The summed E-state index contributed by atoms with van der Waals surface area (Å²) in [6.45, 7) is 0. The van der Waals surface area contributed by atoms with Crippen molar-refractivity contribution in [2.45, 2.75) is 6.42 Å². The number of allylic oxidation sites excluding steroid dienone is 4. The lowest BCUT2D eigenvalue weighted by molar-refractivity contribution is 1.25. The first-order valence-electron chi connectivity index (χ1n) is 4.52. The molecular formula is C12H8Cl3. The molecule has 3 heteroatoms. The Labute approximate surface area is 104 Å². The van der Waals surface area contributed by atoms with Gasteiger partial charge >= 0.3 is 0 Å². The van der Waals surface area contributed by atoms with Crippen molar-refractivity contribution >= 4 is 40.4 Å². The van der Waals surface area contributed by atoms with Crippen molar-refractivity contribution < 1.29 is 0 Å². The zero-order chi connectivity index (χ0) is 10.8. The maximum Gasteiger partial charge on any atom is 0.0455 e. The number of benzene rings is 1. The van der Waals surface area contributed by atoms with Gasteiger partial charge in [0.15, 0.2) is 0 Å². The van der Waals surface area contributed by atoms with Crippen molar-refractivity contribution in [2.24, 2.45) is 0 Å². The highest BCUT2D eigenvalue weighted by molar-refractivity contribution is 6.38. The fourth-order valence-electron chi connectivity index (χ4n) is 1.47. The molecule has 0 unspecified atom stereocenters. The van der Waals surface area contributed by atoms with Gasteiger partial charge in [0.05, 0.1) is 0 Å². The van der Waals surface area contributed by atoms with Gasteiger partial charge in [-0.25, -0.2) is 0 Å². The Morgan fingerprint density at radius 1 is 0.933 bits per heavy atom. The van der Waals surface area contributed by atoms with Crippen LogP contribution in [0.5, 0.6) is 0 Å². The van der Waals surface area contributed by atoms with Crippen LogP contribution in [0.25, 0.3) is 5.57 Å². The van der Waals surface area contributed by atoms with Crippen LogP contribution in [0.3, 0.4) is 0 Å². The van der Waals surface area contributed by atoms with Gasteiger partial charge in [0.1, 0.15) is 0 Å². The zero-order valence-electron chi connectivity index (χ0n) is 7.81. The van der Waals surface area contributed by atoms with Crippen molar-refractivity contribution in [1.82, 2.24) is 0 Å². The second-order valence-electron chi connectivity index (χ2n) is 3.27. The molecule has 0 aliphatic heterocycles. The predicted octanol–water partition coefficient (Wildman–Crippen LogP) is 5.02. The number of halogens is 3. The molecule has 0 saturated heterocycles. The van der Waals surface area contributed by atoms with E-state index in [1.807, 2.05) is 30.7 Å². The Kier molecular flexibility index (Phi) is 3.40. The number of hydrogen-bond acceptors (Lipinski definition) is 0. The predicted molar refractivity (Wildman–Crippen MR) is 67.1 cm³/mol. The zero-order valence-corrected chi connectivity index (χ0v) is 10.1. The maximum atomic E-state index is 6.12. The molecule has 1 aliphatic rings. The van der Waals surface area contributed by atoms with Crippen LogP contribution in [0.1, 0.15) is 12.0 Å². The van der Waals surface area contributed by atoms with Crippen LogP contribution in [0.15, 0.2) is 40.4 Å². The fraction of sp³-hybridized carbons (Fsp3) is 0.0833. The minimum Gasteiger partial charge on any atom is -0.0888 e. The van der Waals surface area contributed by atoms with Crippen LogP contribution in [0, 0.1) is 6.42 Å². The fourth-order valence-corrected chi connectivity index (χ4v) is 2.14. The maximum absolute atomic E-state index is 6.12. The smallest absolute Gasteiger partial charge is 0.0455 e. The van der Waals surface area contributed by atoms with E-state index in [-0.39, 0.29) is 0 Å². The monoisotopic (exact) mass is 257 g/mol. The number of hydrogen-bond donors (Lipinski definition) is 0. The normalized spacial score (nSPS) is 16.6. The largest absolute Gasteiger partial charge is 0.0888 e. The lowest BCUT2D eigenvalue weighted by Crippen LogP contribution is -1.93.